The van der Waals surface area contributed by atoms with Gasteiger partial charge >= 0.3 is 5.63 Å². The maximum atomic E-state index is 13.3. The van der Waals surface area contributed by atoms with Gasteiger partial charge in [0.25, 0.3) is 5.91 Å². The zero-order chi connectivity index (χ0) is 29.6. The van der Waals surface area contributed by atoms with E-state index in [-0.39, 0.29) is 11.8 Å². The summed E-state index contributed by atoms with van der Waals surface area (Å²) in [5.41, 5.74) is 2.51. The highest BCUT2D eigenvalue weighted by molar-refractivity contribution is 6.05. The van der Waals surface area contributed by atoms with Gasteiger partial charge < -0.3 is 28.7 Å². The van der Waals surface area contributed by atoms with Gasteiger partial charge in [0.15, 0.2) is 0 Å². The number of likely N-dealkylation sites (tertiary alicyclic amines) is 1. The quantitative estimate of drug-likeness (QED) is 0.248. The SMILES string of the molecule is COCCN1CCCC(Oc2ccc3cc(NC(=O)c4ccc(OC)c(-c5cccc(OC)c5)c4)c(=O)oc3c2C)C1. The van der Waals surface area contributed by atoms with Gasteiger partial charge in [-0.2, -0.15) is 0 Å². The Morgan fingerprint density at radius 1 is 1.02 bits per heavy atom. The molecule has 9 heteroatoms. The molecule has 9 nitrogen and oxygen atoms in total. The van der Waals surface area contributed by atoms with E-state index in [4.69, 9.17) is 23.4 Å². The van der Waals surface area contributed by atoms with Gasteiger partial charge in [0, 0.05) is 42.3 Å². The standard InChI is InChI=1S/C33H36N2O7/c1-21-29(41-26-9-6-14-35(20-26)15-16-38-2)12-10-23-19-28(33(37)42-31(21)23)34-32(36)24-11-13-30(40-4)27(18-24)22-7-5-8-25(17-22)39-3/h5,7-8,10-13,17-19,26H,6,9,14-16,20H2,1-4H3,(H,34,36). The number of piperidine rings is 1. The molecule has 0 aliphatic carbocycles. The number of methoxy groups -OCH3 is 3. The topological polar surface area (TPSA) is 99.5 Å². The molecular formula is C33H36N2O7. The number of anilines is 1. The largest absolute Gasteiger partial charge is 0.497 e. The predicted octanol–water partition coefficient (Wildman–Crippen LogP) is 5.53. The molecule has 220 valence electrons. The molecule has 5 rings (SSSR count). The number of benzene rings is 3. The molecule has 3 aromatic carbocycles. The number of amides is 1. The van der Waals surface area contributed by atoms with Crippen molar-refractivity contribution < 1.29 is 28.2 Å². The molecule has 4 aromatic rings. The number of nitrogens with one attached hydrogen (secondary N) is 1. The first-order chi connectivity index (χ1) is 20.4. The van der Waals surface area contributed by atoms with Gasteiger partial charge in [-0.1, -0.05) is 12.1 Å². The summed E-state index contributed by atoms with van der Waals surface area (Å²) in [5, 5.41) is 3.41. The van der Waals surface area contributed by atoms with E-state index in [1.807, 2.05) is 43.3 Å². The second-order valence-electron chi connectivity index (χ2n) is 10.3. The van der Waals surface area contributed by atoms with Crippen molar-refractivity contribution in [1.82, 2.24) is 4.90 Å². The van der Waals surface area contributed by atoms with Crippen LogP contribution in [0.4, 0.5) is 5.69 Å². The molecule has 1 unspecified atom stereocenters. The lowest BCUT2D eigenvalue weighted by atomic mass is 10.0. The van der Waals surface area contributed by atoms with Crippen molar-refractivity contribution in [3.05, 3.63) is 82.2 Å². The van der Waals surface area contributed by atoms with E-state index >= 15 is 0 Å². The monoisotopic (exact) mass is 572 g/mol. The Morgan fingerprint density at radius 3 is 2.64 bits per heavy atom. The number of rotatable bonds is 10. The number of hydrogen-bond donors (Lipinski definition) is 1. The van der Waals surface area contributed by atoms with Crippen molar-refractivity contribution in [2.24, 2.45) is 0 Å². The van der Waals surface area contributed by atoms with Crippen LogP contribution in [0.2, 0.25) is 0 Å². The van der Waals surface area contributed by atoms with Crippen molar-refractivity contribution in [2.75, 3.05) is 52.9 Å². The van der Waals surface area contributed by atoms with E-state index in [1.165, 1.54) is 0 Å². The minimum Gasteiger partial charge on any atom is -0.497 e. The average molecular weight is 573 g/mol. The van der Waals surface area contributed by atoms with Crippen LogP contribution in [-0.2, 0) is 4.74 Å². The van der Waals surface area contributed by atoms with Crippen LogP contribution in [0.1, 0.15) is 28.8 Å². The Labute approximate surface area is 244 Å². The Kier molecular flexibility index (Phi) is 9.09. The van der Waals surface area contributed by atoms with E-state index in [1.54, 1.807) is 45.6 Å². The molecule has 1 saturated heterocycles. The van der Waals surface area contributed by atoms with Crippen LogP contribution in [-0.4, -0.2) is 64.5 Å². The van der Waals surface area contributed by atoms with Crippen molar-refractivity contribution in [1.29, 1.82) is 0 Å². The molecule has 1 aliphatic rings. The summed E-state index contributed by atoms with van der Waals surface area (Å²) < 4.78 is 28.1. The maximum Gasteiger partial charge on any atom is 0.360 e. The van der Waals surface area contributed by atoms with E-state index in [2.05, 4.69) is 10.2 Å². The molecule has 1 N–H and O–H groups in total. The smallest absolute Gasteiger partial charge is 0.360 e. The number of carbonyl (C=O) groups excluding carboxylic acids is 1. The fraction of sp³-hybridized carbons (Fsp3) is 0.333. The van der Waals surface area contributed by atoms with Gasteiger partial charge in [-0.25, -0.2) is 4.79 Å². The second-order valence-corrected chi connectivity index (χ2v) is 10.3. The first-order valence-electron chi connectivity index (χ1n) is 14.0. The molecular weight excluding hydrogens is 536 g/mol. The average Bonchev–Trinajstić information content (AvgIpc) is 3.02. The molecule has 2 heterocycles. The highest BCUT2D eigenvalue weighted by Gasteiger charge is 2.23. The summed E-state index contributed by atoms with van der Waals surface area (Å²) in [5.74, 6) is 1.53. The third-order valence-electron chi connectivity index (χ3n) is 7.56. The zero-order valence-corrected chi connectivity index (χ0v) is 24.4. The lowest BCUT2D eigenvalue weighted by molar-refractivity contribution is 0.0679. The van der Waals surface area contributed by atoms with Crippen molar-refractivity contribution in [3.63, 3.8) is 0 Å². The Hall–Kier alpha value is -4.34. The molecule has 0 bridgehead atoms. The highest BCUT2D eigenvalue weighted by atomic mass is 16.5. The number of nitrogens with zero attached hydrogens (tertiary/aromatic N) is 1. The van der Waals surface area contributed by atoms with E-state index in [0.717, 1.165) is 49.2 Å². The van der Waals surface area contributed by atoms with Crippen LogP contribution in [0.3, 0.4) is 0 Å². The van der Waals surface area contributed by atoms with Crippen LogP contribution in [0, 0.1) is 6.92 Å². The summed E-state index contributed by atoms with van der Waals surface area (Å²) in [6.45, 7) is 5.29. The first kappa shape index (κ1) is 29.2. The van der Waals surface area contributed by atoms with Gasteiger partial charge in [0.05, 0.1) is 20.8 Å². The molecule has 1 fully saturated rings. The van der Waals surface area contributed by atoms with Gasteiger partial charge in [-0.3, -0.25) is 9.69 Å². The van der Waals surface area contributed by atoms with Crippen LogP contribution in [0.25, 0.3) is 22.1 Å². The van der Waals surface area contributed by atoms with Gasteiger partial charge in [0.2, 0.25) is 0 Å². The number of aryl methyl sites for hydroxylation is 1. The molecule has 0 radical (unpaired) electrons. The van der Waals surface area contributed by atoms with Crippen LogP contribution in [0.5, 0.6) is 17.2 Å². The lowest BCUT2D eigenvalue weighted by Gasteiger charge is -2.33. The van der Waals surface area contributed by atoms with Crippen molar-refractivity contribution in [2.45, 2.75) is 25.9 Å². The Balaban J connectivity index is 1.36. The van der Waals surface area contributed by atoms with E-state index in [0.29, 0.717) is 40.4 Å². The van der Waals surface area contributed by atoms with Crippen molar-refractivity contribution in [3.8, 4) is 28.4 Å². The number of hydrogen-bond acceptors (Lipinski definition) is 8. The molecule has 42 heavy (non-hydrogen) atoms. The van der Waals surface area contributed by atoms with Crippen LogP contribution in [0.15, 0.2) is 69.9 Å². The van der Waals surface area contributed by atoms with E-state index < -0.39 is 11.5 Å². The van der Waals surface area contributed by atoms with Crippen LogP contribution < -0.4 is 25.2 Å². The highest BCUT2D eigenvalue weighted by Crippen LogP contribution is 2.33. The summed E-state index contributed by atoms with van der Waals surface area (Å²) in [6.07, 6.45) is 2.05. The van der Waals surface area contributed by atoms with Gasteiger partial charge in [-0.05, 0) is 80.4 Å². The van der Waals surface area contributed by atoms with Gasteiger partial charge in [0.1, 0.15) is 34.6 Å². The van der Waals surface area contributed by atoms with Crippen LogP contribution >= 0.6 is 0 Å². The summed E-state index contributed by atoms with van der Waals surface area (Å²) >= 11 is 0. The second kappa shape index (κ2) is 13.1. The van der Waals surface area contributed by atoms with Gasteiger partial charge in [-0.15, -0.1) is 0 Å². The molecule has 1 amide bonds. The first-order valence-corrected chi connectivity index (χ1v) is 14.0. The lowest BCUT2D eigenvalue weighted by Crippen LogP contribution is -2.42. The fourth-order valence-corrected chi connectivity index (χ4v) is 5.29. The molecule has 1 aliphatic heterocycles. The minimum absolute atomic E-state index is 0.0448. The minimum atomic E-state index is -0.638. The van der Waals surface area contributed by atoms with Crippen molar-refractivity contribution >= 4 is 22.6 Å². The summed E-state index contributed by atoms with van der Waals surface area (Å²) in [4.78, 5) is 28.6. The Morgan fingerprint density at radius 2 is 1.86 bits per heavy atom. The number of fused-ring (bicyclic) bond motifs is 1. The molecule has 0 saturated carbocycles. The maximum absolute atomic E-state index is 13.3. The third kappa shape index (κ3) is 6.42. The number of carbonyl (C=O) groups is 1. The number of ether oxygens (including phenoxy) is 4. The molecule has 0 spiro atoms. The Bertz CT molecular complexity index is 1630. The molecule has 1 atom stereocenters. The third-order valence-corrected chi connectivity index (χ3v) is 7.56. The summed E-state index contributed by atoms with van der Waals surface area (Å²) in [7, 11) is 4.88. The van der Waals surface area contributed by atoms with E-state index in [9.17, 15) is 9.59 Å². The fourth-order valence-electron chi connectivity index (χ4n) is 5.29. The normalized spacial score (nSPS) is 15.4. The summed E-state index contributed by atoms with van der Waals surface area (Å²) in [6, 6.07) is 17.9. The molecule has 1 aromatic heterocycles. The zero-order valence-electron chi connectivity index (χ0n) is 24.4. The predicted molar refractivity (Wildman–Crippen MR) is 162 cm³/mol.